The molecule has 0 fully saturated rings. The molecule has 0 aliphatic heterocycles. The average molecular weight is 346 g/mol. The quantitative estimate of drug-likeness (QED) is 0.547. The second-order valence-corrected chi connectivity index (χ2v) is 6.89. The number of nitrogens with zero attached hydrogens (tertiary/aromatic N) is 2. The van der Waals surface area contributed by atoms with Crippen LogP contribution < -0.4 is 5.32 Å². The Morgan fingerprint density at radius 3 is 3.00 bits per heavy atom. The molecular weight excluding hydrogens is 332 g/mol. The number of rotatable bonds is 3. The summed E-state index contributed by atoms with van der Waals surface area (Å²) in [4.78, 5) is 8.54. The number of benzene rings is 1. The first-order chi connectivity index (χ1) is 12.3. The largest absolute Gasteiger partial charge is 0.450 e. The van der Waals surface area contributed by atoms with E-state index in [4.69, 9.17) is 9.83 Å². The molecule has 2 N–H and O–H groups in total. The third kappa shape index (κ3) is 2.34. The summed E-state index contributed by atoms with van der Waals surface area (Å²) in [5.74, 6) is 0.728. The summed E-state index contributed by atoms with van der Waals surface area (Å²) >= 11 is 1.54. The summed E-state index contributed by atoms with van der Waals surface area (Å²) in [5.41, 5.74) is 5.64. The van der Waals surface area contributed by atoms with E-state index in [2.05, 4.69) is 21.4 Å². The van der Waals surface area contributed by atoms with Crippen molar-refractivity contribution in [1.29, 1.82) is 5.41 Å². The third-order valence-corrected chi connectivity index (χ3v) is 5.24. The molecule has 0 bridgehead atoms. The van der Waals surface area contributed by atoms with Crippen molar-refractivity contribution in [3.8, 4) is 10.8 Å². The molecule has 25 heavy (non-hydrogen) atoms. The minimum absolute atomic E-state index is 0.727. The molecule has 5 nitrogen and oxygen atoms in total. The number of furan rings is 1. The van der Waals surface area contributed by atoms with Gasteiger partial charge in [0, 0.05) is 34.6 Å². The van der Waals surface area contributed by atoms with Crippen LogP contribution in [-0.2, 0) is 6.42 Å². The van der Waals surface area contributed by atoms with Crippen molar-refractivity contribution in [1.82, 2.24) is 9.97 Å². The molecule has 3 aromatic heterocycles. The smallest absolute Gasteiger partial charge is 0.187 e. The van der Waals surface area contributed by atoms with E-state index in [0.717, 1.165) is 57.2 Å². The van der Waals surface area contributed by atoms with E-state index in [1.165, 1.54) is 5.56 Å². The van der Waals surface area contributed by atoms with Gasteiger partial charge in [0.2, 0.25) is 0 Å². The average Bonchev–Trinajstić information content (AvgIpc) is 3.35. The van der Waals surface area contributed by atoms with Crippen molar-refractivity contribution >= 4 is 39.4 Å². The number of hydrogen-bond acceptors (Lipinski definition) is 6. The van der Waals surface area contributed by atoms with Crippen molar-refractivity contribution in [2.24, 2.45) is 0 Å². The van der Waals surface area contributed by atoms with Crippen LogP contribution in [0.1, 0.15) is 17.5 Å². The Kier molecular flexibility index (Phi) is 3.18. The zero-order chi connectivity index (χ0) is 16.8. The van der Waals surface area contributed by atoms with Crippen LogP contribution >= 0.6 is 11.3 Å². The molecule has 6 heteroatoms. The van der Waals surface area contributed by atoms with Gasteiger partial charge in [-0.25, -0.2) is 4.98 Å². The summed E-state index contributed by atoms with van der Waals surface area (Å²) in [6.07, 6.45) is 7.01. The first-order valence-corrected chi connectivity index (χ1v) is 8.92. The molecule has 1 aliphatic carbocycles. The van der Waals surface area contributed by atoms with Crippen LogP contribution in [0.5, 0.6) is 0 Å². The van der Waals surface area contributed by atoms with E-state index in [0.29, 0.717) is 0 Å². The fourth-order valence-corrected chi connectivity index (χ4v) is 3.90. The summed E-state index contributed by atoms with van der Waals surface area (Å²) in [5, 5.41) is 15.2. The normalized spacial score (nSPS) is 13.4. The maximum Gasteiger partial charge on any atom is 0.187 e. The van der Waals surface area contributed by atoms with Gasteiger partial charge >= 0.3 is 0 Å². The van der Waals surface area contributed by atoms with E-state index >= 15 is 0 Å². The maximum absolute atomic E-state index is 7.98. The molecule has 5 rings (SSSR count). The van der Waals surface area contributed by atoms with Gasteiger partial charge in [0.15, 0.2) is 16.4 Å². The Balaban J connectivity index is 1.63. The summed E-state index contributed by atoms with van der Waals surface area (Å²) in [6.45, 7) is 0. The molecular formula is C19H14N4OS. The molecule has 122 valence electrons. The van der Waals surface area contributed by atoms with Crippen molar-refractivity contribution in [2.45, 2.75) is 12.8 Å². The van der Waals surface area contributed by atoms with Crippen molar-refractivity contribution in [2.75, 3.05) is 5.32 Å². The Labute approximate surface area is 147 Å². The predicted octanol–water partition coefficient (Wildman–Crippen LogP) is 5.01. The van der Waals surface area contributed by atoms with E-state index in [-0.39, 0.29) is 0 Å². The van der Waals surface area contributed by atoms with Crippen molar-refractivity contribution < 1.29 is 4.42 Å². The van der Waals surface area contributed by atoms with Crippen molar-refractivity contribution in [3.05, 3.63) is 59.4 Å². The summed E-state index contributed by atoms with van der Waals surface area (Å²) in [7, 11) is 0. The SMILES string of the molecule is N=C1CCc2cc(Nc3c(-c4nccs4)oc4cnccc34)ccc21. The van der Waals surface area contributed by atoms with E-state index in [1.54, 1.807) is 29.9 Å². The zero-order valence-corrected chi connectivity index (χ0v) is 14.1. The summed E-state index contributed by atoms with van der Waals surface area (Å²) < 4.78 is 6.01. The lowest BCUT2D eigenvalue weighted by Crippen LogP contribution is -1.95. The van der Waals surface area contributed by atoms with E-state index in [1.807, 2.05) is 23.6 Å². The second-order valence-electron chi connectivity index (χ2n) is 5.99. The predicted molar refractivity (Wildman–Crippen MR) is 100.0 cm³/mol. The van der Waals surface area contributed by atoms with Gasteiger partial charge in [-0.05, 0) is 42.2 Å². The maximum atomic E-state index is 7.98. The fourth-order valence-electron chi connectivity index (χ4n) is 3.27. The van der Waals surface area contributed by atoms with Crippen LogP contribution in [0.2, 0.25) is 0 Å². The van der Waals surface area contributed by atoms with Crippen LogP contribution in [-0.4, -0.2) is 15.7 Å². The van der Waals surface area contributed by atoms with Crippen LogP contribution in [0.15, 0.2) is 52.7 Å². The number of anilines is 2. The molecule has 1 aromatic carbocycles. The van der Waals surface area contributed by atoms with Gasteiger partial charge in [0.05, 0.1) is 11.9 Å². The molecule has 4 aromatic rings. The lowest BCUT2D eigenvalue weighted by Gasteiger charge is -2.08. The van der Waals surface area contributed by atoms with Crippen LogP contribution in [0.25, 0.3) is 21.7 Å². The molecule has 0 unspecified atom stereocenters. The van der Waals surface area contributed by atoms with E-state index in [9.17, 15) is 0 Å². The molecule has 0 saturated carbocycles. The number of aryl methyl sites for hydroxylation is 1. The van der Waals surface area contributed by atoms with Gasteiger partial charge in [-0.2, -0.15) is 0 Å². The second kappa shape index (κ2) is 5.53. The highest BCUT2D eigenvalue weighted by atomic mass is 32.1. The molecule has 1 aliphatic rings. The molecule has 0 saturated heterocycles. The third-order valence-electron chi connectivity index (χ3n) is 4.46. The van der Waals surface area contributed by atoms with Gasteiger partial charge < -0.3 is 15.1 Å². The minimum atomic E-state index is 0.727. The van der Waals surface area contributed by atoms with Crippen molar-refractivity contribution in [3.63, 3.8) is 0 Å². The molecule has 0 amide bonds. The van der Waals surface area contributed by atoms with Gasteiger partial charge in [-0.15, -0.1) is 11.3 Å². The topological polar surface area (TPSA) is 74.8 Å². The Morgan fingerprint density at radius 1 is 1.16 bits per heavy atom. The number of hydrogen-bond donors (Lipinski definition) is 2. The standard InChI is InChI=1S/C19H14N4OS/c20-15-4-1-11-9-12(2-3-13(11)15)23-17-14-5-6-21-10-16(14)24-18(17)19-22-7-8-25-19/h2-3,5-10,20,23H,1,4H2. The van der Waals surface area contributed by atoms with E-state index < -0.39 is 0 Å². The number of fused-ring (bicyclic) bond motifs is 2. The lowest BCUT2D eigenvalue weighted by molar-refractivity contribution is 0.630. The lowest BCUT2D eigenvalue weighted by atomic mass is 10.1. The van der Waals surface area contributed by atoms with Crippen LogP contribution in [0, 0.1) is 5.41 Å². The fraction of sp³-hybridized carbons (Fsp3) is 0.105. The van der Waals surface area contributed by atoms with Crippen LogP contribution in [0.4, 0.5) is 11.4 Å². The highest BCUT2D eigenvalue weighted by Gasteiger charge is 2.20. The highest BCUT2D eigenvalue weighted by molar-refractivity contribution is 7.13. The number of aromatic nitrogens is 2. The minimum Gasteiger partial charge on any atom is -0.450 e. The zero-order valence-electron chi connectivity index (χ0n) is 13.2. The Morgan fingerprint density at radius 2 is 2.12 bits per heavy atom. The van der Waals surface area contributed by atoms with Crippen LogP contribution in [0.3, 0.4) is 0 Å². The Hall–Kier alpha value is -2.99. The van der Waals surface area contributed by atoms with Gasteiger partial charge in [-0.3, -0.25) is 4.98 Å². The highest BCUT2D eigenvalue weighted by Crippen LogP contribution is 2.40. The molecule has 0 spiro atoms. The van der Waals surface area contributed by atoms with Gasteiger partial charge in [-0.1, -0.05) is 6.07 Å². The Bertz CT molecular complexity index is 1100. The number of pyridine rings is 1. The molecule has 0 atom stereocenters. The number of thiazole rings is 1. The van der Waals surface area contributed by atoms with Gasteiger partial charge in [0.1, 0.15) is 0 Å². The van der Waals surface area contributed by atoms with Gasteiger partial charge in [0.25, 0.3) is 0 Å². The first kappa shape index (κ1) is 14.4. The summed E-state index contributed by atoms with van der Waals surface area (Å²) in [6, 6.07) is 8.12. The molecule has 3 heterocycles. The number of nitrogens with one attached hydrogen (secondary N) is 2. The molecule has 0 radical (unpaired) electrons. The monoisotopic (exact) mass is 346 g/mol. The first-order valence-electron chi connectivity index (χ1n) is 8.04.